The maximum Gasteiger partial charge on any atom is 0.301 e. The number of Topliss-reactive ketones (excluding diaryl/α,β-unsaturated/α-hetero) is 1. The number of aliphatic hydroxyl groups excluding tert-OH is 1. The Labute approximate surface area is 279 Å². The van der Waals surface area contributed by atoms with Crippen LogP contribution in [0, 0.1) is 5.82 Å². The quantitative estimate of drug-likeness (QED) is 0.0422. The molecule has 13 heteroatoms. The molecule has 3 heterocycles. The van der Waals surface area contributed by atoms with Gasteiger partial charge in [0.2, 0.25) is 5.13 Å². The van der Waals surface area contributed by atoms with E-state index >= 15 is 0 Å². The number of thioether (sulfide) groups is 1. The Morgan fingerprint density at radius 3 is 2.55 bits per heavy atom. The van der Waals surface area contributed by atoms with E-state index < -0.39 is 17.7 Å². The van der Waals surface area contributed by atoms with Crippen LogP contribution in [0.2, 0.25) is 0 Å². The molecule has 1 amide bonds. The molecule has 0 aliphatic carbocycles. The van der Waals surface area contributed by atoms with Crippen molar-refractivity contribution >= 4 is 45.7 Å². The van der Waals surface area contributed by atoms with E-state index in [2.05, 4.69) is 17.1 Å². The van der Waals surface area contributed by atoms with Gasteiger partial charge in [-0.1, -0.05) is 54.6 Å². The van der Waals surface area contributed by atoms with Crippen LogP contribution in [0.4, 0.5) is 9.52 Å². The van der Waals surface area contributed by atoms with E-state index in [9.17, 15) is 19.1 Å². The zero-order valence-corrected chi connectivity index (χ0v) is 27.4. The minimum Gasteiger partial charge on any atom is -0.507 e. The molecule has 0 bridgehead atoms. The Kier molecular flexibility index (Phi) is 9.92. The van der Waals surface area contributed by atoms with E-state index in [1.54, 1.807) is 48.5 Å². The molecule has 244 valence electrons. The molecule has 2 aliphatic heterocycles. The Bertz CT molecular complexity index is 1810. The zero-order valence-electron chi connectivity index (χ0n) is 25.7. The predicted octanol–water partition coefficient (Wildman–Crippen LogP) is 6.94. The predicted molar refractivity (Wildman–Crippen MR) is 176 cm³/mol. The number of carbonyl (C=O) groups is 2. The summed E-state index contributed by atoms with van der Waals surface area (Å²) < 4.78 is 37.1. The van der Waals surface area contributed by atoms with Crippen LogP contribution in [-0.2, 0) is 15.3 Å². The number of unbranched alkanes of at least 4 members (excludes halogenated alkanes) is 1. The summed E-state index contributed by atoms with van der Waals surface area (Å²) in [5.74, 6) is -0.0167. The van der Waals surface area contributed by atoms with Gasteiger partial charge in [-0.05, 0) is 66.9 Å². The number of fused-ring (bicyclic) bond motifs is 1. The molecule has 10 nitrogen and oxygen atoms in total. The zero-order chi connectivity index (χ0) is 32.9. The summed E-state index contributed by atoms with van der Waals surface area (Å²) in [5, 5.41) is 20.4. The molecule has 1 saturated heterocycles. The van der Waals surface area contributed by atoms with E-state index in [-0.39, 0.29) is 27.8 Å². The van der Waals surface area contributed by atoms with E-state index in [0.29, 0.717) is 65.1 Å². The highest BCUT2D eigenvalue weighted by Gasteiger charge is 2.48. The van der Waals surface area contributed by atoms with Crippen molar-refractivity contribution in [2.75, 3.05) is 31.3 Å². The van der Waals surface area contributed by atoms with Crippen LogP contribution < -0.4 is 23.8 Å². The number of hydrogen-bond acceptors (Lipinski definition) is 11. The highest BCUT2D eigenvalue weighted by molar-refractivity contribution is 8.00. The molecule has 0 radical (unpaired) electrons. The van der Waals surface area contributed by atoms with Gasteiger partial charge >= 0.3 is 5.91 Å². The number of nitrogens with zero attached hydrogens (tertiary/aromatic N) is 3. The highest BCUT2D eigenvalue weighted by atomic mass is 32.2. The van der Waals surface area contributed by atoms with Crippen molar-refractivity contribution in [1.29, 1.82) is 0 Å². The largest absolute Gasteiger partial charge is 0.507 e. The molecule has 6 rings (SSSR count). The van der Waals surface area contributed by atoms with E-state index in [4.69, 9.17) is 18.9 Å². The second-order valence-corrected chi connectivity index (χ2v) is 12.8. The molecular formula is C34H32FN3O7S2. The first-order valence-corrected chi connectivity index (χ1v) is 17.0. The van der Waals surface area contributed by atoms with Crippen molar-refractivity contribution in [3.63, 3.8) is 0 Å². The molecule has 2 aliphatic rings. The molecule has 0 saturated carbocycles. The van der Waals surface area contributed by atoms with Crippen LogP contribution >= 0.6 is 23.1 Å². The van der Waals surface area contributed by atoms with Crippen LogP contribution in [-0.4, -0.2) is 53.4 Å². The summed E-state index contributed by atoms with van der Waals surface area (Å²) in [5.41, 5.74) is 1.56. The molecular weight excluding hydrogens is 646 g/mol. The van der Waals surface area contributed by atoms with Crippen molar-refractivity contribution in [3.8, 4) is 23.0 Å². The van der Waals surface area contributed by atoms with Crippen molar-refractivity contribution in [2.45, 2.75) is 42.8 Å². The van der Waals surface area contributed by atoms with Gasteiger partial charge in [0.15, 0.2) is 27.3 Å². The van der Waals surface area contributed by atoms with Gasteiger partial charge in [0.1, 0.15) is 24.8 Å². The smallest absolute Gasteiger partial charge is 0.301 e. The third-order valence-corrected chi connectivity index (χ3v) is 9.60. The number of carbonyl (C=O) groups excluding carboxylic acids is 2. The Morgan fingerprint density at radius 2 is 1.79 bits per heavy atom. The summed E-state index contributed by atoms with van der Waals surface area (Å²) in [6.45, 7) is 5.52. The SMILES string of the molecule is CCCCOc1ccc([C@@H]2C(=C(O)c3ccc4c(c3)OCCO4)C(=O)C(=O)N2c2nnc(SCc3ccc(F)cc3)s2)cc1OCC. The molecule has 3 aromatic carbocycles. The number of halogens is 1. The standard InChI is InChI=1S/C34H32FN3O7S2/c1-3-5-14-43-24-12-8-21(17-26(24)42-4-2)29-28(30(39)22-9-13-25-27(18-22)45-16-15-44-25)31(40)32(41)38(29)33-36-37-34(47-33)46-19-20-6-10-23(35)11-7-20/h6-13,17-18,29,39H,3-5,14-16,19H2,1-2H3/t29-/m1/s1. The van der Waals surface area contributed by atoms with Gasteiger partial charge in [0.25, 0.3) is 5.78 Å². The van der Waals surface area contributed by atoms with Gasteiger partial charge in [0, 0.05) is 11.3 Å². The van der Waals surface area contributed by atoms with Crippen LogP contribution in [0.25, 0.3) is 5.76 Å². The fraction of sp³-hybridized carbons (Fsp3) is 0.294. The first-order chi connectivity index (χ1) is 22.9. The molecule has 4 aromatic rings. The number of anilines is 1. The second kappa shape index (κ2) is 14.4. The Hall–Kier alpha value is -4.62. The number of benzene rings is 3. The third kappa shape index (κ3) is 6.91. The summed E-state index contributed by atoms with van der Waals surface area (Å²) in [6, 6.07) is 15.1. The van der Waals surface area contributed by atoms with Crippen LogP contribution in [0.1, 0.15) is 49.4 Å². The van der Waals surface area contributed by atoms with Crippen molar-refractivity contribution in [1.82, 2.24) is 10.2 Å². The van der Waals surface area contributed by atoms with Crippen LogP contribution in [0.15, 0.2) is 70.6 Å². The molecule has 1 N–H and O–H groups in total. The highest BCUT2D eigenvalue weighted by Crippen LogP contribution is 2.46. The maximum atomic E-state index is 13.8. The van der Waals surface area contributed by atoms with E-state index in [0.717, 1.165) is 29.7 Å². The number of aliphatic hydroxyl groups is 1. The molecule has 1 aromatic heterocycles. The summed E-state index contributed by atoms with van der Waals surface area (Å²) in [6.07, 6.45) is 1.82. The lowest BCUT2D eigenvalue weighted by molar-refractivity contribution is -0.132. The third-order valence-electron chi connectivity index (χ3n) is 7.48. The minimum absolute atomic E-state index is 0.121. The molecule has 0 spiro atoms. The molecule has 47 heavy (non-hydrogen) atoms. The number of hydrogen-bond donors (Lipinski definition) is 1. The maximum absolute atomic E-state index is 13.8. The number of aromatic nitrogens is 2. The number of ketones is 1. The summed E-state index contributed by atoms with van der Waals surface area (Å²) in [7, 11) is 0. The van der Waals surface area contributed by atoms with Gasteiger partial charge in [-0.25, -0.2) is 4.39 Å². The lowest BCUT2D eigenvalue weighted by Gasteiger charge is -2.24. The monoisotopic (exact) mass is 677 g/mol. The van der Waals surface area contributed by atoms with Crippen molar-refractivity contribution in [3.05, 3.63) is 88.7 Å². The molecule has 1 fully saturated rings. The average molecular weight is 678 g/mol. The second-order valence-electron chi connectivity index (χ2n) is 10.6. The van der Waals surface area contributed by atoms with Gasteiger partial charge < -0.3 is 24.1 Å². The number of ether oxygens (including phenoxy) is 4. The van der Waals surface area contributed by atoms with Crippen molar-refractivity contribution < 1.29 is 38.0 Å². The van der Waals surface area contributed by atoms with E-state index in [1.807, 2.05) is 6.92 Å². The Morgan fingerprint density at radius 1 is 1.00 bits per heavy atom. The first kappa shape index (κ1) is 32.3. The van der Waals surface area contributed by atoms with E-state index in [1.165, 1.54) is 28.8 Å². The van der Waals surface area contributed by atoms with Gasteiger partial charge in [-0.15, -0.1) is 10.2 Å². The summed E-state index contributed by atoms with van der Waals surface area (Å²) >= 11 is 2.51. The van der Waals surface area contributed by atoms with Crippen molar-refractivity contribution in [2.24, 2.45) is 0 Å². The molecule has 0 unspecified atom stereocenters. The van der Waals surface area contributed by atoms with Gasteiger partial charge in [-0.3, -0.25) is 14.5 Å². The number of rotatable bonds is 12. The molecule has 1 atom stereocenters. The Balaban J connectivity index is 1.41. The fourth-order valence-corrected chi connectivity index (χ4v) is 7.01. The summed E-state index contributed by atoms with van der Waals surface area (Å²) in [4.78, 5) is 28.8. The number of amides is 1. The van der Waals surface area contributed by atoms with Gasteiger partial charge in [0.05, 0.1) is 24.8 Å². The minimum atomic E-state index is -1.06. The average Bonchev–Trinajstić information content (AvgIpc) is 3.66. The fourth-order valence-electron chi connectivity index (χ4n) is 5.18. The lowest BCUT2D eigenvalue weighted by Crippen LogP contribution is -2.29. The van der Waals surface area contributed by atoms with Crippen LogP contribution in [0.3, 0.4) is 0 Å². The topological polar surface area (TPSA) is 120 Å². The van der Waals surface area contributed by atoms with Gasteiger partial charge in [-0.2, -0.15) is 0 Å². The first-order valence-electron chi connectivity index (χ1n) is 15.2. The normalized spacial score (nSPS) is 16.8. The lowest BCUT2D eigenvalue weighted by atomic mass is 9.95. The van der Waals surface area contributed by atoms with Crippen LogP contribution in [0.5, 0.6) is 23.0 Å².